The minimum Gasteiger partial charge on any atom is -0.493 e. The van der Waals surface area contributed by atoms with E-state index in [1.807, 2.05) is 27.7 Å². The quantitative estimate of drug-likeness (QED) is 0.0810. The average molecular weight is 1110 g/mol. The molecule has 4 aliphatic rings. The number of Topliss-reactive ketones (excluding diaryl/α,β-unsaturated/α-hetero) is 2. The Bertz CT molecular complexity index is 2330. The van der Waals surface area contributed by atoms with Gasteiger partial charge in [0.1, 0.15) is 24.1 Å². The number of amides is 1. The Labute approximate surface area is 457 Å². The van der Waals surface area contributed by atoms with Crippen LogP contribution < -0.4 is 14.8 Å². The van der Waals surface area contributed by atoms with Gasteiger partial charge in [0.2, 0.25) is 0 Å². The van der Waals surface area contributed by atoms with Crippen molar-refractivity contribution in [1.82, 2.24) is 15.2 Å². The molecule has 2 aromatic rings. The lowest BCUT2D eigenvalue weighted by Gasteiger charge is -2.49. The molecule has 1 aromatic heterocycles. The number of nitrogens with zero attached hydrogens (tertiary/aromatic N) is 2. The number of methoxy groups -OCH3 is 3. The summed E-state index contributed by atoms with van der Waals surface area (Å²) in [6.45, 7) is 17.9. The molecule has 0 aliphatic carbocycles. The van der Waals surface area contributed by atoms with Crippen LogP contribution in [0.5, 0.6) is 11.5 Å². The first-order valence-corrected chi connectivity index (χ1v) is 27.2. The normalized spacial score (nSPS) is 37.7. The molecular weight excluding hydrogens is 1030 g/mol. The SMILES string of the molecule is CC[C@H]1OC(=O)[C@H](C)[C@@H](O[C@H]2C[C@@](C)(OC)[C@@H](O)[C@H](C)O2)[C@H](C)[C@@H](O[C@@H]2O[C@H](C)C[C@H](NC)[C@H]2O)[C@](C)(OC)C[C@@H](C)C(=O)[C@H](C)[C@H]2N(CCCOc3cc(C(=O)Cc4c(Cl)cncc4Cl)ccc3OC)C(=O)O[C@]12C. The number of esters is 1. The van der Waals surface area contributed by atoms with Crippen molar-refractivity contribution >= 4 is 46.8 Å². The molecule has 18 atom stereocenters. The molecule has 3 N–H and O–H groups in total. The topological polar surface area (TPSA) is 229 Å². The highest BCUT2D eigenvalue weighted by atomic mass is 35.5. The highest BCUT2D eigenvalue weighted by molar-refractivity contribution is 6.36. The second-order valence-corrected chi connectivity index (χ2v) is 22.6. The van der Waals surface area contributed by atoms with Crippen molar-refractivity contribution < 1.29 is 76.8 Å². The number of halogens is 2. The molecule has 6 rings (SSSR count). The van der Waals surface area contributed by atoms with Crippen LogP contribution >= 0.6 is 23.2 Å². The molecule has 21 heteroatoms. The van der Waals surface area contributed by atoms with E-state index in [4.69, 9.17) is 70.6 Å². The summed E-state index contributed by atoms with van der Waals surface area (Å²) in [5.74, 6) is -3.95. The highest BCUT2D eigenvalue weighted by Gasteiger charge is 2.61. The van der Waals surface area contributed by atoms with Crippen molar-refractivity contribution in [2.24, 2.45) is 23.7 Å². The molecule has 4 aliphatic heterocycles. The van der Waals surface area contributed by atoms with E-state index < -0.39 is 108 Å². The van der Waals surface area contributed by atoms with Crippen molar-refractivity contribution in [2.45, 2.75) is 192 Å². The van der Waals surface area contributed by atoms with Gasteiger partial charge in [-0.3, -0.25) is 19.4 Å². The second-order valence-electron chi connectivity index (χ2n) is 21.8. The van der Waals surface area contributed by atoms with Gasteiger partial charge in [-0.25, -0.2) is 4.79 Å². The fraction of sp³-hybridized carbons (Fsp3) is 0.727. The molecular formula is C55H81Cl2N3O16. The van der Waals surface area contributed by atoms with Gasteiger partial charge in [0.15, 0.2) is 35.5 Å². The fourth-order valence-electron chi connectivity index (χ4n) is 11.9. The van der Waals surface area contributed by atoms with E-state index in [-0.39, 0.29) is 84.8 Å². The molecule has 0 radical (unpaired) electrons. The molecule has 0 unspecified atom stereocenters. The number of fused-ring (bicyclic) bond motifs is 1. The molecule has 1 amide bonds. The third-order valence-corrected chi connectivity index (χ3v) is 17.1. The minimum absolute atomic E-state index is 0.0536. The van der Waals surface area contributed by atoms with Crippen LogP contribution in [0.25, 0.3) is 0 Å². The number of cyclic esters (lactones) is 1. The zero-order valence-electron chi connectivity index (χ0n) is 46.5. The lowest BCUT2D eigenvalue weighted by atomic mass is 9.73. The smallest absolute Gasteiger partial charge is 0.410 e. The Morgan fingerprint density at radius 3 is 2.20 bits per heavy atom. The van der Waals surface area contributed by atoms with Crippen LogP contribution in [0.4, 0.5) is 4.79 Å². The summed E-state index contributed by atoms with van der Waals surface area (Å²) < 4.78 is 63.3. The number of carbonyl (C=O) groups excluding carboxylic acids is 4. The summed E-state index contributed by atoms with van der Waals surface area (Å²) >= 11 is 12.6. The number of benzene rings is 1. The van der Waals surface area contributed by atoms with Crippen molar-refractivity contribution in [1.29, 1.82) is 0 Å². The summed E-state index contributed by atoms with van der Waals surface area (Å²) in [5.41, 5.74) is -3.17. The van der Waals surface area contributed by atoms with Gasteiger partial charge >= 0.3 is 12.1 Å². The Kier molecular flexibility index (Phi) is 20.7. The molecule has 426 valence electrons. The van der Waals surface area contributed by atoms with Gasteiger partial charge < -0.3 is 67.8 Å². The van der Waals surface area contributed by atoms with Gasteiger partial charge in [0.25, 0.3) is 0 Å². The molecule has 19 nitrogen and oxygen atoms in total. The minimum atomic E-state index is -1.54. The molecule has 0 bridgehead atoms. The summed E-state index contributed by atoms with van der Waals surface area (Å²) in [6, 6.07) is 3.48. The highest BCUT2D eigenvalue weighted by Crippen LogP contribution is 2.45. The zero-order chi connectivity index (χ0) is 56.2. The number of likely N-dealkylation sites (N-methyl/N-ethyl adjacent to an activating group) is 1. The van der Waals surface area contributed by atoms with E-state index in [0.29, 0.717) is 23.3 Å². The van der Waals surface area contributed by atoms with Crippen LogP contribution in [0.1, 0.15) is 117 Å². The predicted octanol–water partition coefficient (Wildman–Crippen LogP) is 7.17. The molecule has 5 heterocycles. The van der Waals surface area contributed by atoms with Crippen LogP contribution in [-0.4, -0.2) is 169 Å². The van der Waals surface area contributed by atoms with E-state index in [1.54, 1.807) is 66.8 Å². The summed E-state index contributed by atoms with van der Waals surface area (Å²) in [5, 5.41) is 26.5. The van der Waals surface area contributed by atoms with Crippen molar-refractivity contribution in [3.05, 3.63) is 51.8 Å². The monoisotopic (exact) mass is 1110 g/mol. The number of pyridine rings is 1. The first-order chi connectivity index (χ1) is 35.8. The van der Waals surface area contributed by atoms with Gasteiger partial charge in [0, 0.05) is 80.9 Å². The zero-order valence-corrected chi connectivity index (χ0v) is 48.0. The number of aliphatic hydroxyl groups is 2. The Hall–Kier alpha value is -3.73. The maximum atomic E-state index is 15.2. The van der Waals surface area contributed by atoms with Crippen LogP contribution in [0.2, 0.25) is 10.0 Å². The third-order valence-electron chi connectivity index (χ3n) is 16.4. The van der Waals surface area contributed by atoms with Gasteiger partial charge in [-0.2, -0.15) is 0 Å². The standard InChI is InChI=1S/C55H81Cl2N3O16/c1-15-42-55(10)47(60(52(66)76-55)19-16-20-70-41-22-34(17-18-40(41)67-12)39(61)23-35-36(56)26-59-27-37(35)57)30(4)44(62)28(2)24-54(9,69-14)49(75-51-45(63)38(58-11)21-29(3)71-51)31(5)46(32(6)50(65)73-42)74-43-25-53(8,68-13)48(64)33(7)72-43/h17-18,22,26-33,38,42-43,45-49,51,58,63-64H,15-16,19-21,23-25H2,1-14H3/t28-,29-,30+,31+,32-,33+,38+,42-,43+,45-,46+,47-,48+,49-,51+,53-,54-,55-/m1/s1. The van der Waals surface area contributed by atoms with E-state index >= 15 is 4.79 Å². The lowest BCUT2D eigenvalue weighted by molar-refractivity contribution is -0.317. The van der Waals surface area contributed by atoms with Gasteiger partial charge in [-0.1, -0.05) is 50.9 Å². The van der Waals surface area contributed by atoms with E-state index in [0.717, 1.165) is 0 Å². The van der Waals surface area contributed by atoms with Gasteiger partial charge in [-0.05, 0) is 92.5 Å². The van der Waals surface area contributed by atoms with E-state index in [1.165, 1.54) is 38.6 Å². The first kappa shape index (κ1) is 61.5. The predicted molar refractivity (Wildman–Crippen MR) is 281 cm³/mol. The summed E-state index contributed by atoms with van der Waals surface area (Å²) in [4.78, 5) is 63.5. The molecule has 76 heavy (non-hydrogen) atoms. The van der Waals surface area contributed by atoms with Crippen molar-refractivity contribution in [2.75, 3.05) is 41.5 Å². The molecule has 0 saturated carbocycles. The molecule has 4 saturated heterocycles. The number of aliphatic hydroxyl groups excluding tert-OH is 2. The first-order valence-electron chi connectivity index (χ1n) is 26.4. The van der Waals surface area contributed by atoms with Crippen molar-refractivity contribution in [3.8, 4) is 11.5 Å². The lowest BCUT2D eigenvalue weighted by Crippen LogP contribution is -2.61. The largest absolute Gasteiger partial charge is 0.493 e. The van der Waals surface area contributed by atoms with Crippen LogP contribution in [0.3, 0.4) is 0 Å². The van der Waals surface area contributed by atoms with Crippen molar-refractivity contribution in [3.63, 3.8) is 0 Å². The maximum Gasteiger partial charge on any atom is 0.410 e. The molecule has 0 spiro atoms. The summed E-state index contributed by atoms with van der Waals surface area (Å²) in [6.07, 6.45) is -5.26. The van der Waals surface area contributed by atoms with Crippen LogP contribution in [0, 0.1) is 23.7 Å². The van der Waals surface area contributed by atoms with Crippen LogP contribution in [0.15, 0.2) is 30.6 Å². The molecule has 4 fully saturated rings. The van der Waals surface area contributed by atoms with Gasteiger partial charge in [-0.15, -0.1) is 0 Å². The fourth-order valence-corrected chi connectivity index (χ4v) is 12.4. The Balaban J connectivity index is 1.34. The number of aromatic nitrogens is 1. The number of rotatable bonds is 17. The average Bonchev–Trinajstić information content (AvgIpc) is 3.65. The van der Waals surface area contributed by atoms with E-state index in [2.05, 4.69) is 10.3 Å². The summed E-state index contributed by atoms with van der Waals surface area (Å²) in [7, 11) is 6.25. The van der Waals surface area contributed by atoms with Crippen LogP contribution in [-0.2, 0) is 53.9 Å². The van der Waals surface area contributed by atoms with Gasteiger partial charge in [0.05, 0.1) is 71.3 Å². The number of ketones is 2. The number of hydrogen-bond donors (Lipinski definition) is 3. The third kappa shape index (κ3) is 13.0. The molecule has 1 aromatic carbocycles. The Morgan fingerprint density at radius 1 is 0.908 bits per heavy atom. The maximum absolute atomic E-state index is 15.2. The second kappa shape index (κ2) is 25.6. The number of hydrogen-bond acceptors (Lipinski definition) is 18. The number of nitrogens with one attached hydrogen (secondary N) is 1. The number of carbonyl (C=O) groups is 4. The Morgan fingerprint density at radius 2 is 1.58 bits per heavy atom. The van der Waals surface area contributed by atoms with E-state index in [9.17, 15) is 24.6 Å². The number of ether oxygens (including phenoxy) is 10.